The van der Waals surface area contributed by atoms with E-state index in [1.165, 1.54) is 9.79 Å². The van der Waals surface area contributed by atoms with Crippen LogP contribution in [0, 0.1) is 0 Å². The van der Waals surface area contributed by atoms with E-state index in [4.69, 9.17) is 9.97 Å². The van der Waals surface area contributed by atoms with Crippen molar-refractivity contribution in [3.05, 3.63) is 108 Å². The zero-order chi connectivity index (χ0) is 33.0. The summed E-state index contributed by atoms with van der Waals surface area (Å²) in [5.41, 5.74) is 12.1. The number of hydrogen-bond donors (Lipinski definition) is 2. The first-order chi connectivity index (χ1) is 23.4. The Morgan fingerprint density at radius 3 is 1.40 bits per heavy atom. The second-order valence-electron chi connectivity index (χ2n) is 12.6. The highest BCUT2D eigenvalue weighted by atomic mass is 32.2. The fraction of sp³-hybridized carbons (Fsp3) is 0.200. The van der Waals surface area contributed by atoms with E-state index in [1.54, 1.807) is 0 Å². The van der Waals surface area contributed by atoms with Crippen LogP contribution in [0.4, 0.5) is 0 Å². The molecule has 2 aliphatic rings. The molecule has 3 aromatic heterocycles. The van der Waals surface area contributed by atoms with Crippen molar-refractivity contribution in [2.45, 2.75) is 9.79 Å². The minimum atomic E-state index is 0.903. The Kier molecular flexibility index (Phi) is 9.68. The van der Waals surface area contributed by atoms with Crippen LogP contribution in [0.3, 0.4) is 0 Å². The molecule has 8 heteroatoms. The number of H-pyrrole nitrogens is 2. The predicted molar refractivity (Wildman–Crippen MR) is 208 cm³/mol. The Hall–Kier alpha value is -4.34. The number of thioether (sulfide) groups is 2. The number of nitrogens with one attached hydrogen (secondary N) is 2. The maximum atomic E-state index is 5.10. The second-order valence-corrected chi connectivity index (χ2v) is 14.9. The molecule has 0 fully saturated rings. The summed E-state index contributed by atoms with van der Waals surface area (Å²) in [4.78, 5) is 24.5. The number of aromatic nitrogens is 4. The first-order valence-electron chi connectivity index (χ1n) is 16.2. The van der Waals surface area contributed by atoms with Crippen molar-refractivity contribution in [3.63, 3.8) is 0 Å². The van der Waals surface area contributed by atoms with Crippen molar-refractivity contribution >= 4 is 69.9 Å². The number of aromatic amines is 2. The van der Waals surface area contributed by atoms with Crippen molar-refractivity contribution < 1.29 is 0 Å². The molecular weight excluding hydrogens is 629 g/mol. The summed E-state index contributed by atoms with van der Waals surface area (Å²) in [5, 5.41) is 0. The molecule has 0 radical (unpaired) electrons. The van der Waals surface area contributed by atoms with Gasteiger partial charge in [-0.2, -0.15) is 0 Å². The van der Waals surface area contributed by atoms with Gasteiger partial charge in [-0.25, -0.2) is 9.97 Å². The molecule has 7 rings (SSSR count). The summed E-state index contributed by atoms with van der Waals surface area (Å²) in [7, 11) is 8.45. The highest BCUT2D eigenvalue weighted by Crippen LogP contribution is 2.34. The van der Waals surface area contributed by atoms with E-state index in [0.29, 0.717) is 0 Å². The topological polar surface area (TPSA) is 63.8 Å². The largest absolute Gasteiger partial charge is 0.355 e. The molecule has 5 aromatic rings. The van der Waals surface area contributed by atoms with Crippen LogP contribution in [0.5, 0.6) is 0 Å². The van der Waals surface area contributed by atoms with Gasteiger partial charge in [0.2, 0.25) is 0 Å². The third-order valence-electron chi connectivity index (χ3n) is 8.30. The third kappa shape index (κ3) is 7.53. The van der Waals surface area contributed by atoms with Crippen LogP contribution in [0.25, 0.3) is 68.6 Å². The van der Waals surface area contributed by atoms with Crippen LogP contribution >= 0.6 is 23.5 Å². The van der Waals surface area contributed by atoms with E-state index in [9.17, 15) is 0 Å². The Balaban J connectivity index is 1.33. The smallest absolute Gasteiger partial charge is 0.0737 e. The molecule has 0 atom stereocenters. The molecule has 48 heavy (non-hydrogen) atoms. The average Bonchev–Trinajstić information content (AvgIpc) is 3.89. The summed E-state index contributed by atoms with van der Waals surface area (Å²) in [6, 6.07) is 30.5. The summed E-state index contributed by atoms with van der Waals surface area (Å²) in [6.45, 7) is 2.10. The van der Waals surface area contributed by atoms with Gasteiger partial charge in [0.15, 0.2) is 0 Å². The summed E-state index contributed by atoms with van der Waals surface area (Å²) >= 11 is 3.77. The minimum Gasteiger partial charge on any atom is -0.355 e. The van der Waals surface area contributed by atoms with E-state index in [2.05, 4.69) is 157 Å². The minimum absolute atomic E-state index is 0.903. The van der Waals surface area contributed by atoms with Gasteiger partial charge in [-0.05, 0) is 124 Å². The summed E-state index contributed by atoms with van der Waals surface area (Å²) in [5.74, 6) is 2.12. The molecule has 0 spiro atoms. The van der Waals surface area contributed by atoms with Gasteiger partial charge in [-0.15, -0.1) is 23.5 Å². The molecule has 242 valence electrons. The van der Waals surface area contributed by atoms with E-state index < -0.39 is 0 Å². The molecule has 6 nitrogen and oxygen atoms in total. The zero-order valence-electron chi connectivity index (χ0n) is 27.8. The molecule has 0 saturated heterocycles. The fourth-order valence-electron chi connectivity index (χ4n) is 5.81. The van der Waals surface area contributed by atoms with Crippen LogP contribution in [-0.2, 0) is 0 Å². The predicted octanol–water partition coefficient (Wildman–Crippen LogP) is 9.30. The lowest BCUT2D eigenvalue weighted by Crippen LogP contribution is -2.14. The first-order valence-corrected chi connectivity index (χ1v) is 18.2. The van der Waals surface area contributed by atoms with Crippen molar-refractivity contribution in [2.24, 2.45) is 0 Å². The van der Waals surface area contributed by atoms with E-state index in [1.807, 2.05) is 23.5 Å². The van der Waals surface area contributed by atoms with E-state index in [0.717, 1.165) is 91.7 Å². The Morgan fingerprint density at radius 2 is 0.958 bits per heavy atom. The molecule has 0 saturated carbocycles. The third-order valence-corrected chi connectivity index (χ3v) is 10.3. The van der Waals surface area contributed by atoms with Crippen molar-refractivity contribution in [3.8, 4) is 22.3 Å². The van der Waals surface area contributed by atoms with Gasteiger partial charge in [0.1, 0.15) is 0 Å². The standard InChI is InChI=1S/C40H40N6S2/c1-45(2)21-23-47-33-13-5-27(6-14-33)39-35-17-9-29(41-35)25-31-11-19-37(43-31)40(28-7-15-34(16-8-28)48-24-22-46(3)4)38-20-12-32(44-38)26-30-10-18-36(39)42-30/h5-20,25-26,41-42H,21-24H2,1-4H3. The molecule has 5 heterocycles. The van der Waals surface area contributed by atoms with Crippen LogP contribution in [0.1, 0.15) is 22.8 Å². The Morgan fingerprint density at radius 1 is 0.521 bits per heavy atom. The lowest BCUT2D eigenvalue weighted by molar-refractivity contribution is 0.437. The van der Waals surface area contributed by atoms with Crippen LogP contribution in [0.15, 0.2) is 94.7 Å². The SMILES string of the molecule is CN(C)CCSc1ccc(-c2c3nc(cc4ccc([nH]4)c(-c4ccc(SCCN(C)C)cc4)c4ccc(cc5nc2C=C5)[nH]4)C=C3)cc1. The van der Waals surface area contributed by atoms with E-state index >= 15 is 0 Å². The van der Waals surface area contributed by atoms with Crippen LogP contribution in [-0.4, -0.2) is 82.5 Å². The highest BCUT2D eigenvalue weighted by molar-refractivity contribution is 7.99. The lowest BCUT2D eigenvalue weighted by atomic mass is 10.0. The molecule has 2 N–H and O–H groups in total. The van der Waals surface area contributed by atoms with Gasteiger partial charge in [0.05, 0.1) is 22.8 Å². The summed E-state index contributed by atoms with van der Waals surface area (Å²) in [6.07, 6.45) is 8.38. The molecule has 8 bridgehead atoms. The van der Waals surface area contributed by atoms with Crippen molar-refractivity contribution in [1.29, 1.82) is 0 Å². The number of fused-ring (bicyclic) bond motifs is 8. The Labute approximate surface area is 291 Å². The molecule has 0 amide bonds. The van der Waals surface area contributed by atoms with Gasteiger partial charge >= 0.3 is 0 Å². The van der Waals surface area contributed by atoms with Crippen LogP contribution in [0.2, 0.25) is 0 Å². The fourth-order valence-corrected chi connectivity index (χ4v) is 7.85. The monoisotopic (exact) mass is 668 g/mol. The summed E-state index contributed by atoms with van der Waals surface area (Å²) < 4.78 is 0. The molecule has 2 aliphatic heterocycles. The van der Waals surface area contributed by atoms with Crippen LogP contribution < -0.4 is 0 Å². The highest BCUT2D eigenvalue weighted by Gasteiger charge is 2.15. The average molecular weight is 669 g/mol. The first kappa shape index (κ1) is 32.2. The maximum absolute atomic E-state index is 5.10. The lowest BCUT2D eigenvalue weighted by Gasteiger charge is -2.09. The van der Waals surface area contributed by atoms with E-state index in [-0.39, 0.29) is 0 Å². The molecule has 0 unspecified atom stereocenters. The number of rotatable bonds is 10. The van der Waals surface area contributed by atoms with Gasteiger partial charge in [-0.1, -0.05) is 24.3 Å². The Bertz CT molecular complexity index is 2040. The molecule has 0 aliphatic carbocycles. The van der Waals surface area contributed by atoms with Crippen molar-refractivity contribution in [1.82, 2.24) is 29.7 Å². The van der Waals surface area contributed by atoms with Gasteiger partial charge in [0.25, 0.3) is 0 Å². The number of nitrogens with zero attached hydrogens (tertiary/aromatic N) is 4. The number of hydrogen-bond acceptors (Lipinski definition) is 6. The van der Waals surface area contributed by atoms with Gasteiger partial charge < -0.3 is 19.8 Å². The van der Waals surface area contributed by atoms with Gasteiger partial charge in [0, 0.05) is 67.6 Å². The van der Waals surface area contributed by atoms with Crippen molar-refractivity contribution in [2.75, 3.05) is 52.8 Å². The number of benzene rings is 2. The zero-order valence-corrected chi connectivity index (χ0v) is 29.5. The molecule has 2 aromatic carbocycles. The quantitative estimate of drug-likeness (QED) is 0.142. The second kappa shape index (κ2) is 14.4. The van der Waals surface area contributed by atoms with Gasteiger partial charge in [-0.3, -0.25) is 0 Å². The normalized spacial score (nSPS) is 12.5. The maximum Gasteiger partial charge on any atom is 0.0737 e. The molecular formula is C40H40N6S2.